The van der Waals surface area contributed by atoms with Gasteiger partial charge < -0.3 is 29.4 Å². The second-order valence-electron chi connectivity index (χ2n) is 11.8. The third-order valence-electron chi connectivity index (χ3n) is 8.02. The van der Waals surface area contributed by atoms with Crippen molar-refractivity contribution in [3.05, 3.63) is 103 Å². The fourth-order valence-electron chi connectivity index (χ4n) is 5.74. The Kier molecular flexibility index (Phi) is 9.80. The van der Waals surface area contributed by atoms with Crippen molar-refractivity contribution in [3.63, 3.8) is 0 Å². The lowest BCUT2D eigenvalue weighted by Crippen LogP contribution is -2.37. The number of rotatable bonds is 11. The first-order valence-corrected chi connectivity index (χ1v) is 20.9. The van der Waals surface area contributed by atoms with Crippen LogP contribution in [0.2, 0.25) is 0 Å². The van der Waals surface area contributed by atoms with E-state index in [0.29, 0.717) is 25.9 Å². The highest BCUT2D eigenvalue weighted by atomic mass is 32.3. The smallest absolute Gasteiger partial charge is 0.341 e. The zero-order valence-electron chi connectivity index (χ0n) is 26.8. The van der Waals surface area contributed by atoms with E-state index in [9.17, 15) is 45.5 Å². The van der Waals surface area contributed by atoms with Crippen molar-refractivity contribution in [2.45, 2.75) is 21.6 Å². The maximum absolute atomic E-state index is 14.8. The molecule has 0 aliphatic heterocycles. The Morgan fingerprint density at radius 1 is 0.551 bits per heavy atom. The van der Waals surface area contributed by atoms with Crippen LogP contribution in [0.3, 0.4) is 0 Å². The van der Waals surface area contributed by atoms with Gasteiger partial charge in [-0.2, -0.15) is 20.5 Å². The predicted octanol–water partition coefficient (Wildman–Crippen LogP) is 4.93. The Morgan fingerprint density at radius 2 is 0.918 bits per heavy atom. The molecule has 5 aromatic carbocycles. The fourth-order valence-corrected chi connectivity index (χ4v) is 12.3. The zero-order valence-corrected chi connectivity index (χ0v) is 30.2. The van der Waals surface area contributed by atoms with Gasteiger partial charge >= 0.3 is 15.2 Å². The summed E-state index contributed by atoms with van der Waals surface area (Å²) in [6.07, 6.45) is -0.762. The van der Waals surface area contributed by atoms with Crippen LogP contribution >= 0.6 is 15.2 Å². The number of sulfonamides is 2. The van der Waals surface area contributed by atoms with Crippen molar-refractivity contribution in [3.8, 4) is 0 Å². The third-order valence-corrected chi connectivity index (χ3v) is 16.0. The van der Waals surface area contributed by atoms with Gasteiger partial charge in [-0.25, -0.2) is 0 Å². The summed E-state index contributed by atoms with van der Waals surface area (Å²) in [5.41, 5.74) is 1.08. The summed E-state index contributed by atoms with van der Waals surface area (Å²) in [5, 5.41) is -0.697. The number of nitrogens with zero attached hydrogens (tertiary/aromatic N) is 3. The van der Waals surface area contributed by atoms with Gasteiger partial charge in [0.25, 0.3) is 20.0 Å². The summed E-state index contributed by atoms with van der Waals surface area (Å²) in [6.45, 7) is 0. The van der Waals surface area contributed by atoms with Crippen LogP contribution in [0.25, 0.3) is 21.5 Å². The minimum atomic E-state index is -5.27. The first kappa shape index (κ1) is 36.5. The minimum absolute atomic E-state index is 0.0247. The maximum Gasteiger partial charge on any atom is 0.341 e. The molecule has 0 spiro atoms. The monoisotopic (exact) mass is 747 g/mol. The molecule has 49 heavy (non-hydrogen) atoms. The number of hydrogen-bond donors (Lipinski definition) is 4. The molecule has 0 amide bonds. The van der Waals surface area contributed by atoms with Crippen molar-refractivity contribution in [1.29, 1.82) is 0 Å². The van der Waals surface area contributed by atoms with Crippen LogP contribution < -0.4 is 13.5 Å². The zero-order chi connectivity index (χ0) is 36.1. The number of fused-ring (bicyclic) bond motifs is 2. The van der Waals surface area contributed by atoms with Gasteiger partial charge in [-0.05, 0) is 48.4 Å². The molecule has 0 radical (unpaired) electrons. The molecule has 0 bridgehead atoms. The molecule has 0 fully saturated rings. The lowest BCUT2D eigenvalue weighted by molar-refractivity contribution is 0.338. The molecule has 0 aliphatic rings. The summed E-state index contributed by atoms with van der Waals surface area (Å²) < 4.78 is 83.4. The van der Waals surface area contributed by atoms with E-state index in [1.165, 1.54) is 36.4 Å². The first-order chi connectivity index (χ1) is 22.8. The highest BCUT2D eigenvalue weighted by Crippen LogP contribution is 2.61. The van der Waals surface area contributed by atoms with Gasteiger partial charge in [0.05, 0.1) is 15.5 Å². The quantitative estimate of drug-likeness (QED) is 0.133. The van der Waals surface area contributed by atoms with Crippen molar-refractivity contribution in [2.24, 2.45) is 0 Å². The largest absolute Gasteiger partial charge is 0.377 e. The van der Waals surface area contributed by atoms with Gasteiger partial charge in [-0.1, -0.05) is 60.7 Å². The molecule has 0 aromatic heterocycles. The average molecular weight is 748 g/mol. The SMILES string of the molecule is CN(C)c1cccc2c(S(=O)(=O)N(c3ccc(CC(P(=O)(O)O)P(=O)(O)O)cc3)S(=O)(=O)c3cccc4c(N(C)C)cccc34)cccc12. The normalized spacial score (nSPS) is 12.8. The standard InChI is InChI=1S/C32H35N3O10P2S2/c1-33(2)28-13-5-11-26-24(28)9-7-15-30(26)48(42,43)35(23-19-17-22(18-20-23)21-32(46(36,37)38)47(39,40)41)49(44,45)31-16-8-10-25-27(31)12-6-14-29(25)34(3)4/h5-20,32H,21H2,1-4H3,(H2,36,37,38)(H2,39,40,41). The maximum atomic E-state index is 14.8. The van der Waals surface area contributed by atoms with Crippen LogP contribution in [0.15, 0.2) is 107 Å². The highest BCUT2D eigenvalue weighted by Gasteiger charge is 2.43. The lowest BCUT2D eigenvalue weighted by atomic mass is 10.1. The van der Waals surface area contributed by atoms with Gasteiger partial charge in [0.1, 0.15) is 0 Å². The molecular formula is C32H35N3O10P2S2. The molecule has 0 saturated carbocycles. The molecule has 0 aliphatic carbocycles. The Morgan fingerprint density at radius 3 is 1.29 bits per heavy atom. The Bertz CT molecular complexity index is 2230. The van der Waals surface area contributed by atoms with Crippen LogP contribution in [0.5, 0.6) is 0 Å². The number of benzene rings is 5. The van der Waals surface area contributed by atoms with Crippen molar-refractivity contribution in [1.82, 2.24) is 0 Å². The van der Waals surface area contributed by atoms with E-state index in [0.717, 1.165) is 12.1 Å². The molecule has 5 rings (SSSR count). The van der Waals surface area contributed by atoms with Crippen LogP contribution in [0.4, 0.5) is 17.1 Å². The van der Waals surface area contributed by atoms with Crippen LogP contribution in [-0.4, -0.2) is 70.0 Å². The van der Waals surface area contributed by atoms with E-state index in [-0.39, 0.29) is 31.8 Å². The van der Waals surface area contributed by atoms with Gasteiger partial charge in [0, 0.05) is 61.1 Å². The van der Waals surface area contributed by atoms with Crippen molar-refractivity contribution < 1.29 is 45.5 Å². The first-order valence-electron chi connectivity index (χ1n) is 14.6. The van der Waals surface area contributed by atoms with Crippen LogP contribution in [0, 0.1) is 0 Å². The molecule has 4 N–H and O–H groups in total. The van der Waals surface area contributed by atoms with Gasteiger partial charge in [-0.15, -0.1) is 0 Å². The summed E-state index contributed by atoms with van der Waals surface area (Å²) in [6, 6.07) is 23.8. The topological polar surface area (TPSA) is 193 Å². The van der Waals surface area contributed by atoms with Gasteiger partial charge in [0.2, 0.25) is 0 Å². The molecule has 0 unspecified atom stereocenters. The van der Waals surface area contributed by atoms with E-state index in [4.69, 9.17) is 0 Å². The fraction of sp³-hybridized carbons (Fsp3) is 0.188. The van der Waals surface area contributed by atoms with E-state index in [2.05, 4.69) is 0 Å². The van der Waals surface area contributed by atoms with E-state index >= 15 is 0 Å². The lowest BCUT2D eigenvalue weighted by Gasteiger charge is -2.26. The van der Waals surface area contributed by atoms with E-state index < -0.39 is 47.1 Å². The van der Waals surface area contributed by atoms with Gasteiger partial charge in [0.15, 0.2) is 5.40 Å². The van der Waals surface area contributed by atoms with Crippen LogP contribution in [0.1, 0.15) is 5.56 Å². The molecule has 260 valence electrons. The Labute approximate surface area is 284 Å². The molecule has 5 aromatic rings. The Balaban J connectivity index is 1.77. The van der Waals surface area contributed by atoms with Crippen molar-refractivity contribution in [2.75, 3.05) is 41.7 Å². The predicted molar refractivity (Wildman–Crippen MR) is 191 cm³/mol. The molecule has 13 nitrogen and oxygen atoms in total. The Hall–Kier alpha value is -3.78. The molecule has 0 atom stereocenters. The van der Waals surface area contributed by atoms with E-state index in [1.54, 1.807) is 86.5 Å². The summed E-state index contributed by atoms with van der Waals surface area (Å²) >= 11 is 0. The molecule has 0 heterocycles. The average Bonchev–Trinajstić information content (AvgIpc) is 3.01. The summed E-state index contributed by atoms with van der Waals surface area (Å²) in [7, 11) is -13.2. The molecule has 0 saturated heterocycles. The van der Waals surface area contributed by atoms with E-state index in [1.807, 2.05) is 0 Å². The molecule has 17 heteroatoms. The number of hydrogen-bond acceptors (Lipinski definition) is 8. The third kappa shape index (κ3) is 6.99. The summed E-state index contributed by atoms with van der Waals surface area (Å²) in [4.78, 5) is 41.4. The highest BCUT2D eigenvalue weighted by molar-refractivity contribution is 8.10. The second-order valence-corrected chi connectivity index (χ2v) is 19.5. The minimum Gasteiger partial charge on any atom is -0.377 e. The van der Waals surface area contributed by atoms with Crippen molar-refractivity contribution >= 4 is 73.8 Å². The summed E-state index contributed by atoms with van der Waals surface area (Å²) in [5.74, 6) is 0. The number of anilines is 3. The van der Waals surface area contributed by atoms with Gasteiger partial charge in [-0.3, -0.25) is 9.13 Å². The molecular weight excluding hydrogens is 712 g/mol. The van der Waals surface area contributed by atoms with Crippen LogP contribution in [-0.2, 0) is 35.6 Å². The second kappa shape index (κ2) is 13.2.